The van der Waals surface area contributed by atoms with Crippen molar-refractivity contribution < 1.29 is 13.9 Å². The van der Waals surface area contributed by atoms with Crippen molar-refractivity contribution in [3.63, 3.8) is 0 Å². The molecule has 2 fully saturated rings. The van der Waals surface area contributed by atoms with Crippen molar-refractivity contribution in [1.82, 2.24) is 29.6 Å². The Bertz CT molecular complexity index is 1050. The third-order valence-electron chi connectivity index (χ3n) is 5.81. The number of nitrogens with zero attached hydrogens (tertiary/aromatic N) is 5. The number of ether oxygens (including phenoxy) is 2. The summed E-state index contributed by atoms with van der Waals surface area (Å²) in [5, 5.41) is 6.90. The van der Waals surface area contributed by atoms with Crippen molar-refractivity contribution in [2.75, 3.05) is 57.9 Å². The first-order chi connectivity index (χ1) is 15.7. The first-order valence-electron chi connectivity index (χ1n) is 11.2. The van der Waals surface area contributed by atoms with Crippen LogP contribution in [0.5, 0.6) is 5.88 Å². The zero-order valence-electron chi connectivity index (χ0n) is 18.0. The van der Waals surface area contributed by atoms with Crippen LogP contribution in [0.2, 0.25) is 0 Å². The van der Waals surface area contributed by atoms with Gasteiger partial charge >= 0.3 is 0 Å². The number of fused-ring (bicyclic) bond motifs is 1. The Hall–Kier alpha value is -2.82. The fourth-order valence-corrected chi connectivity index (χ4v) is 4.10. The molecule has 3 aromatic rings. The number of rotatable bonds is 7. The summed E-state index contributed by atoms with van der Waals surface area (Å²) < 4.78 is 27.0. The average molecular weight is 442 g/mol. The van der Waals surface area contributed by atoms with Crippen LogP contribution in [0.25, 0.3) is 17.2 Å². The first-order valence-corrected chi connectivity index (χ1v) is 11.2. The minimum absolute atomic E-state index is 0.285. The molecule has 2 aliphatic rings. The molecule has 0 radical (unpaired) electrons. The highest BCUT2D eigenvalue weighted by atomic mass is 19.1. The topological polar surface area (TPSA) is 88.8 Å². The molecule has 2 N–H and O–H groups in total. The van der Waals surface area contributed by atoms with Gasteiger partial charge in [-0.05, 0) is 31.5 Å². The van der Waals surface area contributed by atoms with Crippen LogP contribution in [0.4, 0.5) is 10.2 Å². The molecule has 3 aromatic heterocycles. The van der Waals surface area contributed by atoms with Crippen molar-refractivity contribution in [2.24, 2.45) is 0 Å². The van der Waals surface area contributed by atoms with Crippen molar-refractivity contribution >= 4 is 11.5 Å². The monoisotopic (exact) mass is 441 g/mol. The summed E-state index contributed by atoms with van der Waals surface area (Å²) in [6.07, 6.45) is 5.24. The summed E-state index contributed by atoms with van der Waals surface area (Å²) in [5.74, 6) is 1.27. The van der Waals surface area contributed by atoms with Crippen LogP contribution in [0, 0.1) is 5.82 Å². The number of halogens is 1. The molecule has 10 heteroatoms. The number of anilines is 1. The second-order valence-corrected chi connectivity index (χ2v) is 8.12. The van der Waals surface area contributed by atoms with E-state index in [2.05, 4.69) is 25.5 Å². The van der Waals surface area contributed by atoms with E-state index in [1.165, 1.54) is 12.3 Å². The Kier molecular flexibility index (Phi) is 6.42. The summed E-state index contributed by atoms with van der Waals surface area (Å²) in [6, 6.07) is 5.14. The number of hydrogen-bond donors (Lipinski definition) is 2. The van der Waals surface area contributed by atoms with Crippen molar-refractivity contribution in [3.8, 4) is 17.4 Å². The normalized spacial score (nSPS) is 19.8. The van der Waals surface area contributed by atoms with E-state index in [1.807, 2.05) is 6.07 Å². The van der Waals surface area contributed by atoms with Gasteiger partial charge in [-0.25, -0.2) is 14.4 Å². The van der Waals surface area contributed by atoms with E-state index in [0.29, 0.717) is 35.5 Å². The molecule has 2 aliphatic heterocycles. The lowest BCUT2D eigenvalue weighted by molar-refractivity contribution is 0.0320. The van der Waals surface area contributed by atoms with E-state index in [4.69, 9.17) is 14.5 Å². The lowest BCUT2D eigenvalue weighted by Gasteiger charge is -2.26. The van der Waals surface area contributed by atoms with Gasteiger partial charge in [-0.2, -0.15) is 4.98 Å². The molecule has 0 bridgehead atoms. The van der Waals surface area contributed by atoms with Gasteiger partial charge in [0.15, 0.2) is 5.82 Å². The molecule has 2 saturated heterocycles. The molecular weight excluding hydrogens is 413 g/mol. The lowest BCUT2D eigenvalue weighted by atomic mass is 10.1. The second kappa shape index (κ2) is 9.76. The van der Waals surface area contributed by atoms with Gasteiger partial charge in [-0.3, -0.25) is 9.30 Å². The molecule has 0 saturated carbocycles. The maximum Gasteiger partial charge on any atom is 0.219 e. The fraction of sp³-hybridized carbons (Fsp3) is 0.500. The van der Waals surface area contributed by atoms with Crippen LogP contribution in [0.3, 0.4) is 0 Å². The van der Waals surface area contributed by atoms with Gasteiger partial charge in [-0.15, -0.1) is 0 Å². The van der Waals surface area contributed by atoms with Crippen LogP contribution in [0.1, 0.15) is 12.8 Å². The number of pyridine rings is 1. The average Bonchev–Trinajstić information content (AvgIpc) is 3.23. The largest absolute Gasteiger partial charge is 0.476 e. The predicted octanol–water partition coefficient (Wildman–Crippen LogP) is 1.81. The zero-order valence-corrected chi connectivity index (χ0v) is 18.0. The summed E-state index contributed by atoms with van der Waals surface area (Å²) in [5.41, 5.74) is 1.25. The van der Waals surface area contributed by atoms with E-state index in [0.717, 1.165) is 58.8 Å². The summed E-state index contributed by atoms with van der Waals surface area (Å²) in [6.45, 7) is 6.57. The maximum absolute atomic E-state index is 13.9. The molecule has 0 spiro atoms. The highest BCUT2D eigenvalue weighted by Gasteiger charge is 2.17. The van der Waals surface area contributed by atoms with Crippen LogP contribution < -0.4 is 15.4 Å². The van der Waals surface area contributed by atoms with E-state index in [1.54, 1.807) is 16.7 Å². The maximum atomic E-state index is 13.9. The zero-order chi connectivity index (χ0) is 21.8. The van der Waals surface area contributed by atoms with Crippen LogP contribution in [-0.4, -0.2) is 82.8 Å². The van der Waals surface area contributed by atoms with Crippen LogP contribution in [0.15, 0.2) is 30.6 Å². The van der Waals surface area contributed by atoms with Crippen molar-refractivity contribution in [1.29, 1.82) is 0 Å². The van der Waals surface area contributed by atoms with Gasteiger partial charge in [0.05, 0.1) is 19.4 Å². The summed E-state index contributed by atoms with van der Waals surface area (Å²) in [7, 11) is 0. The second-order valence-electron chi connectivity index (χ2n) is 8.12. The molecule has 1 atom stereocenters. The Labute approximate surface area is 186 Å². The van der Waals surface area contributed by atoms with Gasteiger partial charge in [0.2, 0.25) is 5.88 Å². The van der Waals surface area contributed by atoms with Gasteiger partial charge in [0.1, 0.15) is 29.6 Å². The Balaban J connectivity index is 1.39. The van der Waals surface area contributed by atoms with E-state index >= 15 is 0 Å². The molecule has 0 aromatic carbocycles. The first kappa shape index (κ1) is 21.0. The molecule has 9 nitrogen and oxygen atoms in total. The van der Waals surface area contributed by atoms with E-state index < -0.39 is 0 Å². The van der Waals surface area contributed by atoms with Gasteiger partial charge < -0.3 is 20.1 Å². The van der Waals surface area contributed by atoms with Crippen molar-refractivity contribution in [3.05, 3.63) is 36.4 Å². The Morgan fingerprint density at radius 2 is 2.16 bits per heavy atom. The number of nitrogens with one attached hydrogen (secondary N) is 2. The quantitative estimate of drug-likeness (QED) is 0.574. The lowest BCUT2D eigenvalue weighted by Crippen LogP contribution is -2.39. The number of morpholine rings is 1. The Morgan fingerprint density at radius 1 is 1.25 bits per heavy atom. The minimum Gasteiger partial charge on any atom is -0.476 e. The van der Waals surface area contributed by atoms with Gasteiger partial charge in [0.25, 0.3) is 0 Å². The molecular formula is C22H28FN7O2. The predicted molar refractivity (Wildman–Crippen MR) is 118 cm³/mol. The van der Waals surface area contributed by atoms with E-state index in [-0.39, 0.29) is 11.9 Å². The standard InChI is InChI=1S/C22H28FN7O2/c23-16-3-4-20-25-14-18(30(20)15-16)22-27-19(26-17-2-1-5-24-13-17)12-21(28-22)32-11-8-29-6-9-31-10-7-29/h3-4,12,14-15,17,24H,1-2,5-11,13H2,(H,26,27,28)/t17-/m1/s1. The molecule has 5 rings (SSSR count). The fourth-order valence-electron chi connectivity index (χ4n) is 4.10. The molecule has 32 heavy (non-hydrogen) atoms. The third kappa shape index (κ3) is 4.98. The highest BCUT2D eigenvalue weighted by Crippen LogP contribution is 2.24. The van der Waals surface area contributed by atoms with Gasteiger partial charge in [0, 0.05) is 44.5 Å². The molecule has 0 unspecified atom stereocenters. The minimum atomic E-state index is -0.346. The van der Waals surface area contributed by atoms with E-state index in [9.17, 15) is 4.39 Å². The summed E-state index contributed by atoms with van der Waals surface area (Å²) >= 11 is 0. The number of hydrogen-bond acceptors (Lipinski definition) is 8. The molecule has 0 aliphatic carbocycles. The SMILES string of the molecule is Fc1ccc2ncc(-c3nc(N[C@@H]4CCCNC4)cc(OCCN4CCOCC4)n3)n2c1. The van der Waals surface area contributed by atoms with Crippen LogP contribution in [-0.2, 0) is 4.74 Å². The molecule has 0 amide bonds. The van der Waals surface area contributed by atoms with Crippen LogP contribution >= 0.6 is 0 Å². The van der Waals surface area contributed by atoms with Gasteiger partial charge in [-0.1, -0.05) is 0 Å². The number of aromatic nitrogens is 4. The molecule has 5 heterocycles. The van der Waals surface area contributed by atoms with Crippen molar-refractivity contribution in [2.45, 2.75) is 18.9 Å². The third-order valence-corrected chi connectivity index (χ3v) is 5.81. The number of piperidine rings is 1. The number of imidazole rings is 1. The Morgan fingerprint density at radius 3 is 3.00 bits per heavy atom. The highest BCUT2D eigenvalue weighted by molar-refractivity contribution is 5.59. The summed E-state index contributed by atoms with van der Waals surface area (Å²) in [4.78, 5) is 16.0. The smallest absolute Gasteiger partial charge is 0.219 e. The molecule has 170 valence electrons.